The van der Waals surface area contributed by atoms with Gasteiger partial charge in [0.1, 0.15) is 0 Å². The molecule has 1 aromatic carbocycles. The number of benzene rings is 1. The summed E-state index contributed by atoms with van der Waals surface area (Å²) in [5.74, 6) is 2.00. The lowest BCUT2D eigenvalue weighted by Gasteiger charge is -2.35. The molecule has 2 saturated carbocycles. The summed E-state index contributed by atoms with van der Waals surface area (Å²) >= 11 is 6.38. The molecule has 3 rings (SSSR count). The first-order valence-electron chi connectivity index (χ1n) is 7.85. The first-order chi connectivity index (χ1) is 9.37. The number of fused-ring (bicyclic) bond motifs is 1. The van der Waals surface area contributed by atoms with Crippen LogP contribution in [0.2, 0.25) is 5.02 Å². The van der Waals surface area contributed by atoms with Gasteiger partial charge < -0.3 is 5.32 Å². The van der Waals surface area contributed by atoms with Crippen LogP contribution in [-0.4, -0.2) is 12.1 Å². The standard InChI is InChI=1S/C18H26ClN/c1-17(2,3)20-12-18(10-14-8-15(14)11-18)9-13-6-4-5-7-16(13)19/h4-7,14-15,20H,8-12H2,1-3H3. The summed E-state index contributed by atoms with van der Waals surface area (Å²) in [6, 6.07) is 8.36. The molecule has 2 atom stereocenters. The molecule has 0 aliphatic heterocycles. The van der Waals surface area contributed by atoms with Gasteiger partial charge >= 0.3 is 0 Å². The Balaban J connectivity index is 1.75. The Morgan fingerprint density at radius 1 is 1.20 bits per heavy atom. The minimum absolute atomic E-state index is 0.195. The van der Waals surface area contributed by atoms with Gasteiger partial charge in [-0.15, -0.1) is 0 Å². The first-order valence-corrected chi connectivity index (χ1v) is 8.23. The summed E-state index contributed by atoms with van der Waals surface area (Å²) in [5.41, 5.74) is 1.94. The molecule has 0 bridgehead atoms. The fourth-order valence-corrected chi connectivity index (χ4v) is 4.06. The maximum atomic E-state index is 6.38. The van der Waals surface area contributed by atoms with Crippen molar-refractivity contribution in [2.75, 3.05) is 6.54 Å². The number of nitrogens with one attached hydrogen (secondary N) is 1. The molecule has 0 saturated heterocycles. The van der Waals surface area contributed by atoms with E-state index in [0.717, 1.165) is 29.8 Å². The van der Waals surface area contributed by atoms with Crippen LogP contribution in [0.25, 0.3) is 0 Å². The van der Waals surface area contributed by atoms with Crippen molar-refractivity contribution >= 4 is 11.6 Å². The lowest BCUT2D eigenvalue weighted by molar-refractivity contribution is 0.222. The minimum Gasteiger partial charge on any atom is -0.312 e. The maximum Gasteiger partial charge on any atom is 0.0438 e. The highest BCUT2D eigenvalue weighted by molar-refractivity contribution is 6.31. The van der Waals surface area contributed by atoms with Gasteiger partial charge in [-0.05, 0) is 75.3 Å². The highest BCUT2D eigenvalue weighted by atomic mass is 35.5. The van der Waals surface area contributed by atoms with Gasteiger partial charge in [-0.1, -0.05) is 29.8 Å². The Hall–Kier alpha value is -0.530. The number of halogens is 1. The molecule has 20 heavy (non-hydrogen) atoms. The SMILES string of the molecule is CC(C)(C)NCC1(Cc2ccccc2Cl)CC2CC2C1. The van der Waals surface area contributed by atoms with Crippen molar-refractivity contribution in [3.63, 3.8) is 0 Å². The number of hydrogen-bond acceptors (Lipinski definition) is 1. The normalized spacial score (nSPS) is 32.2. The second-order valence-corrected chi connectivity index (χ2v) is 8.44. The Labute approximate surface area is 128 Å². The van der Waals surface area contributed by atoms with Crippen molar-refractivity contribution in [3.05, 3.63) is 34.9 Å². The Kier molecular flexibility index (Phi) is 3.63. The van der Waals surface area contributed by atoms with Gasteiger partial charge in [0.05, 0.1) is 0 Å². The molecule has 110 valence electrons. The van der Waals surface area contributed by atoms with Crippen molar-refractivity contribution in [2.45, 2.75) is 52.0 Å². The third-order valence-corrected chi connectivity index (χ3v) is 5.35. The molecule has 0 aromatic heterocycles. The number of hydrogen-bond donors (Lipinski definition) is 1. The molecular formula is C18H26ClN. The molecule has 0 heterocycles. The van der Waals surface area contributed by atoms with Crippen molar-refractivity contribution in [1.82, 2.24) is 5.32 Å². The van der Waals surface area contributed by atoms with E-state index in [0.29, 0.717) is 5.41 Å². The zero-order valence-electron chi connectivity index (χ0n) is 12.9. The zero-order valence-corrected chi connectivity index (χ0v) is 13.6. The van der Waals surface area contributed by atoms with Crippen LogP contribution >= 0.6 is 11.6 Å². The topological polar surface area (TPSA) is 12.0 Å². The highest BCUT2D eigenvalue weighted by Gasteiger charge is 2.53. The Morgan fingerprint density at radius 3 is 2.45 bits per heavy atom. The highest BCUT2D eigenvalue weighted by Crippen LogP contribution is 2.60. The van der Waals surface area contributed by atoms with Gasteiger partial charge in [-0.3, -0.25) is 0 Å². The molecule has 2 fully saturated rings. The monoisotopic (exact) mass is 291 g/mol. The summed E-state index contributed by atoms with van der Waals surface area (Å²) in [6.45, 7) is 7.89. The van der Waals surface area contributed by atoms with E-state index in [1.165, 1.54) is 24.8 Å². The summed E-state index contributed by atoms with van der Waals surface area (Å²) in [4.78, 5) is 0. The maximum absolute atomic E-state index is 6.38. The van der Waals surface area contributed by atoms with E-state index in [1.807, 2.05) is 12.1 Å². The Bertz CT molecular complexity index is 478. The van der Waals surface area contributed by atoms with Crippen LogP contribution < -0.4 is 5.32 Å². The van der Waals surface area contributed by atoms with Gasteiger partial charge in [0.25, 0.3) is 0 Å². The third-order valence-electron chi connectivity index (χ3n) is 4.98. The molecule has 0 radical (unpaired) electrons. The molecule has 2 aliphatic carbocycles. The van der Waals surface area contributed by atoms with E-state index in [1.54, 1.807) is 0 Å². The van der Waals surface area contributed by atoms with Crippen molar-refractivity contribution < 1.29 is 0 Å². The summed E-state index contributed by atoms with van der Waals surface area (Å²) in [6.07, 6.45) is 5.36. The zero-order chi connectivity index (χ0) is 14.4. The number of rotatable bonds is 4. The summed E-state index contributed by atoms with van der Waals surface area (Å²) < 4.78 is 0. The van der Waals surface area contributed by atoms with Gasteiger partial charge in [0.2, 0.25) is 0 Å². The largest absolute Gasteiger partial charge is 0.312 e. The van der Waals surface area contributed by atoms with E-state index in [9.17, 15) is 0 Å². The van der Waals surface area contributed by atoms with E-state index in [-0.39, 0.29) is 5.54 Å². The van der Waals surface area contributed by atoms with Crippen LogP contribution in [0, 0.1) is 17.3 Å². The Morgan fingerprint density at radius 2 is 1.85 bits per heavy atom. The van der Waals surface area contributed by atoms with Gasteiger partial charge in [0, 0.05) is 17.1 Å². The second kappa shape index (κ2) is 5.03. The average molecular weight is 292 g/mol. The van der Waals surface area contributed by atoms with Crippen LogP contribution in [0.1, 0.15) is 45.6 Å². The molecule has 0 amide bonds. The van der Waals surface area contributed by atoms with Crippen LogP contribution in [0.15, 0.2) is 24.3 Å². The lowest BCUT2D eigenvalue weighted by Crippen LogP contribution is -2.44. The quantitative estimate of drug-likeness (QED) is 0.849. The molecule has 2 heteroatoms. The van der Waals surface area contributed by atoms with Gasteiger partial charge in [-0.25, -0.2) is 0 Å². The molecule has 1 aromatic rings. The van der Waals surface area contributed by atoms with Crippen LogP contribution in [-0.2, 0) is 6.42 Å². The van der Waals surface area contributed by atoms with Crippen molar-refractivity contribution in [3.8, 4) is 0 Å². The first kappa shape index (κ1) is 14.4. The molecule has 2 unspecified atom stereocenters. The predicted molar refractivity (Wildman–Crippen MR) is 86.2 cm³/mol. The van der Waals surface area contributed by atoms with E-state index >= 15 is 0 Å². The van der Waals surface area contributed by atoms with E-state index in [4.69, 9.17) is 11.6 Å². The minimum atomic E-state index is 0.195. The fraction of sp³-hybridized carbons (Fsp3) is 0.667. The van der Waals surface area contributed by atoms with Crippen LogP contribution in [0.4, 0.5) is 0 Å². The van der Waals surface area contributed by atoms with E-state index < -0.39 is 0 Å². The summed E-state index contributed by atoms with van der Waals surface area (Å²) in [7, 11) is 0. The smallest absolute Gasteiger partial charge is 0.0438 e. The molecule has 1 N–H and O–H groups in total. The van der Waals surface area contributed by atoms with Crippen molar-refractivity contribution in [2.24, 2.45) is 17.3 Å². The second-order valence-electron chi connectivity index (χ2n) is 8.04. The van der Waals surface area contributed by atoms with E-state index in [2.05, 4.69) is 38.2 Å². The lowest BCUT2D eigenvalue weighted by atomic mass is 9.77. The van der Waals surface area contributed by atoms with Crippen LogP contribution in [0.5, 0.6) is 0 Å². The molecule has 0 spiro atoms. The molecule has 1 nitrogen and oxygen atoms in total. The predicted octanol–water partition coefficient (Wildman–Crippen LogP) is 4.69. The van der Waals surface area contributed by atoms with Crippen LogP contribution in [0.3, 0.4) is 0 Å². The summed E-state index contributed by atoms with van der Waals surface area (Å²) in [5, 5.41) is 4.68. The molecular weight excluding hydrogens is 266 g/mol. The van der Waals surface area contributed by atoms with Crippen molar-refractivity contribution in [1.29, 1.82) is 0 Å². The average Bonchev–Trinajstić information content (AvgIpc) is 2.98. The van der Waals surface area contributed by atoms with Gasteiger partial charge in [-0.2, -0.15) is 0 Å². The molecule has 2 aliphatic rings. The fourth-order valence-electron chi connectivity index (χ4n) is 3.86. The third kappa shape index (κ3) is 3.20. The van der Waals surface area contributed by atoms with Gasteiger partial charge in [0.15, 0.2) is 0 Å².